The van der Waals surface area contributed by atoms with Crippen molar-refractivity contribution in [3.8, 4) is 0 Å². The van der Waals surface area contributed by atoms with Gasteiger partial charge in [-0.2, -0.15) is 0 Å². The van der Waals surface area contributed by atoms with Crippen molar-refractivity contribution >= 4 is 24.1 Å². The molecule has 7 nitrogen and oxygen atoms in total. The minimum Gasteiger partial charge on any atom is -0.481 e. The zero-order valence-electron chi connectivity index (χ0n) is 13.7. The highest BCUT2D eigenvalue weighted by atomic mass is 16.4. The van der Waals surface area contributed by atoms with E-state index in [0.29, 0.717) is 11.8 Å². The molecule has 0 aliphatic carbocycles. The number of aliphatic carboxylic acids is 2. The molecule has 2 N–H and O–H groups in total. The Morgan fingerprint density at radius 1 is 1.12 bits per heavy atom. The van der Waals surface area contributed by atoms with Crippen LogP contribution >= 0.6 is 0 Å². The molecule has 0 aromatic heterocycles. The Kier molecular flexibility index (Phi) is 6.64. The number of carboxylic acid groups (broad SMARTS) is 2. The van der Waals surface area contributed by atoms with E-state index in [2.05, 4.69) is 0 Å². The first kappa shape index (κ1) is 19.3. The Bertz CT molecular complexity index is 624. The van der Waals surface area contributed by atoms with E-state index in [1.54, 1.807) is 13.8 Å². The number of carboxylic acids is 2. The maximum absolute atomic E-state index is 12.8. The van der Waals surface area contributed by atoms with Gasteiger partial charge < -0.3 is 15.1 Å². The van der Waals surface area contributed by atoms with Gasteiger partial charge in [-0.25, -0.2) is 4.79 Å². The van der Waals surface area contributed by atoms with E-state index in [4.69, 9.17) is 5.11 Å². The van der Waals surface area contributed by atoms with E-state index in [1.165, 1.54) is 29.2 Å². The van der Waals surface area contributed by atoms with Gasteiger partial charge in [0.15, 0.2) is 0 Å². The maximum Gasteiger partial charge on any atom is 0.329 e. The number of carbonyl (C=O) groups is 4. The van der Waals surface area contributed by atoms with Crippen LogP contribution < -0.4 is 0 Å². The van der Waals surface area contributed by atoms with E-state index in [0.717, 1.165) is 0 Å². The van der Waals surface area contributed by atoms with Crippen LogP contribution in [0.2, 0.25) is 0 Å². The SMILES string of the molecule is CCN(C(=O)c1ccc(C=O)cc1)[C@@](CC)(CCC(=O)O)C(=O)O. The predicted molar refractivity (Wildman–Crippen MR) is 86.1 cm³/mol. The lowest BCUT2D eigenvalue weighted by Gasteiger charge is -2.39. The third kappa shape index (κ3) is 3.98. The average molecular weight is 335 g/mol. The molecule has 1 amide bonds. The Morgan fingerprint density at radius 3 is 2.08 bits per heavy atom. The van der Waals surface area contributed by atoms with Crippen LogP contribution in [-0.2, 0) is 9.59 Å². The van der Waals surface area contributed by atoms with Crippen molar-refractivity contribution in [2.45, 2.75) is 38.6 Å². The van der Waals surface area contributed by atoms with Gasteiger partial charge in [-0.15, -0.1) is 0 Å². The number of likely N-dealkylation sites (N-methyl/N-ethyl adjacent to an activating group) is 1. The molecule has 0 spiro atoms. The van der Waals surface area contributed by atoms with Crippen molar-refractivity contribution in [1.82, 2.24) is 4.90 Å². The highest BCUT2D eigenvalue weighted by molar-refractivity contribution is 5.98. The van der Waals surface area contributed by atoms with Crippen LogP contribution in [0.15, 0.2) is 24.3 Å². The van der Waals surface area contributed by atoms with Crippen molar-refractivity contribution < 1.29 is 29.4 Å². The van der Waals surface area contributed by atoms with E-state index < -0.39 is 23.4 Å². The molecule has 0 bridgehead atoms. The first-order valence-electron chi connectivity index (χ1n) is 7.64. The predicted octanol–water partition coefficient (Wildman–Crippen LogP) is 2.06. The Balaban J connectivity index is 3.24. The Hall–Kier alpha value is -2.70. The summed E-state index contributed by atoms with van der Waals surface area (Å²) in [4.78, 5) is 47.4. The van der Waals surface area contributed by atoms with Crippen molar-refractivity contribution in [2.24, 2.45) is 0 Å². The van der Waals surface area contributed by atoms with Crippen molar-refractivity contribution in [3.05, 3.63) is 35.4 Å². The summed E-state index contributed by atoms with van der Waals surface area (Å²) in [5.41, 5.74) is -0.939. The van der Waals surface area contributed by atoms with Crippen LogP contribution in [0.4, 0.5) is 0 Å². The molecule has 0 radical (unpaired) electrons. The first-order chi connectivity index (χ1) is 11.3. The molecule has 1 aromatic carbocycles. The summed E-state index contributed by atoms with van der Waals surface area (Å²) < 4.78 is 0. The quantitative estimate of drug-likeness (QED) is 0.668. The molecule has 130 valence electrons. The molecule has 0 aliphatic rings. The van der Waals surface area contributed by atoms with Crippen LogP contribution in [0.25, 0.3) is 0 Å². The maximum atomic E-state index is 12.8. The summed E-state index contributed by atoms with van der Waals surface area (Å²) in [6.07, 6.45) is 0.197. The molecule has 0 saturated carbocycles. The molecule has 7 heteroatoms. The standard InChI is InChI=1S/C17H21NO6/c1-3-17(16(23)24,10-9-14(20)21)18(4-2)15(22)13-7-5-12(11-19)6-8-13/h5-8,11H,3-4,9-10H2,1-2H3,(H,20,21)(H,23,24)/t17-/m0/s1. The summed E-state index contributed by atoms with van der Waals surface area (Å²) in [6, 6.07) is 5.85. The number of carbonyl (C=O) groups excluding carboxylic acids is 2. The second-order valence-electron chi connectivity index (χ2n) is 5.37. The Morgan fingerprint density at radius 2 is 1.71 bits per heavy atom. The van der Waals surface area contributed by atoms with Crippen molar-refractivity contribution in [2.75, 3.05) is 6.54 Å². The molecule has 0 aliphatic heterocycles. The lowest BCUT2D eigenvalue weighted by atomic mass is 9.87. The smallest absolute Gasteiger partial charge is 0.329 e. The van der Waals surface area contributed by atoms with E-state index in [1.807, 2.05) is 0 Å². The van der Waals surface area contributed by atoms with Gasteiger partial charge in [0.1, 0.15) is 11.8 Å². The third-order valence-electron chi connectivity index (χ3n) is 4.11. The first-order valence-corrected chi connectivity index (χ1v) is 7.64. The largest absolute Gasteiger partial charge is 0.481 e. The van der Waals surface area contributed by atoms with E-state index in [9.17, 15) is 24.3 Å². The number of amides is 1. The van der Waals surface area contributed by atoms with Gasteiger partial charge in [0.05, 0.1) is 0 Å². The second kappa shape index (κ2) is 8.24. The molecule has 0 heterocycles. The van der Waals surface area contributed by atoms with Gasteiger partial charge in [-0.3, -0.25) is 14.4 Å². The van der Waals surface area contributed by atoms with E-state index >= 15 is 0 Å². The molecule has 0 saturated heterocycles. The summed E-state index contributed by atoms with van der Waals surface area (Å²) in [5.74, 6) is -2.86. The van der Waals surface area contributed by atoms with E-state index in [-0.39, 0.29) is 31.4 Å². The van der Waals surface area contributed by atoms with Crippen LogP contribution in [0.1, 0.15) is 53.8 Å². The monoisotopic (exact) mass is 335 g/mol. The van der Waals surface area contributed by atoms with Crippen molar-refractivity contribution in [1.29, 1.82) is 0 Å². The van der Waals surface area contributed by atoms with Crippen LogP contribution in [-0.4, -0.2) is 51.3 Å². The number of aldehydes is 1. The molecule has 1 rings (SSSR count). The fourth-order valence-corrected chi connectivity index (χ4v) is 2.69. The highest BCUT2D eigenvalue weighted by Gasteiger charge is 2.44. The summed E-state index contributed by atoms with van der Waals surface area (Å²) >= 11 is 0. The topological polar surface area (TPSA) is 112 Å². The molecule has 0 fully saturated rings. The third-order valence-corrected chi connectivity index (χ3v) is 4.11. The summed E-state index contributed by atoms with van der Waals surface area (Å²) in [7, 11) is 0. The average Bonchev–Trinajstić information content (AvgIpc) is 2.57. The molecule has 0 unspecified atom stereocenters. The minimum atomic E-state index is -1.59. The van der Waals surface area contributed by atoms with Gasteiger partial charge in [0, 0.05) is 24.1 Å². The number of nitrogens with zero attached hydrogens (tertiary/aromatic N) is 1. The number of benzene rings is 1. The number of hydrogen-bond acceptors (Lipinski definition) is 4. The fourth-order valence-electron chi connectivity index (χ4n) is 2.69. The van der Waals surface area contributed by atoms with Crippen molar-refractivity contribution in [3.63, 3.8) is 0 Å². The molecule has 1 atom stereocenters. The molecular formula is C17H21NO6. The molecule has 1 aromatic rings. The van der Waals surface area contributed by atoms with Crippen LogP contribution in [0, 0.1) is 0 Å². The van der Waals surface area contributed by atoms with Gasteiger partial charge >= 0.3 is 11.9 Å². The van der Waals surface area contributed by atoms with Crippen LogP contribution in [0.5, 0.6) is 0 Å². The second-order valence-corrected chi connectivity index (χ2v) is 5.37. The summed E-state index contributed by atoms with van der Waals surface area (Å²) in [5, 5.41) is 18.6. The van der Waals surface area contributed by atoms with Gasteiger partial charge in [-0.05, 0) is 31.9 Å². The normalized spacial score (nSPS) is 12.9. The fraction of sp³-hybridized carbons (Fsp3) is 0.412. The lowest BCUT2D eigenvalue weighted by Crippen LogP contribution is -2.57. The van der Waals surface area contributed by atoms with Crippen LogP contribution in [0.3, 0.4) is 0 Å². The molecular weight excluding hydrogens is 314 g/mol. The zero-order chi connectivity index (χ0) is 18.3. The lowest BCUT2D eigenvalue weighted by molar-refractivity contribution is -0.151. The number of rotatable bonds is 9. The minimum absolute atomic E-state index is 0.0849. The number of hydrogen-bond donors (Lipinski definition) is 2. The van der Waals surface area contributed by atoms with Gasteiger partial charge in [-0.1, -0.05) is 19.1 Å². The highest BCUT2D eigenvalue weighted by Crippen LogP contribution is 2.28. The zero-order valence-corrected chi connectivity index (χ0v) is 13.7. The molecule has 24 heavy (non-hydrogen) atoms. The van der Waals surface area contributed by atoms with Gasteiger partial charge in [0.2, 0.25) is 0 Å². The summed E-state index contributed by atoms with van der Waals surface area (Å²) in [6.45, 7) is 3.38. The Labute approximate surface area is 139 Å². The van der Waals surface area contributed by atoms with Gasteiger partial charge in [0.25, 0.3) is 5.91 Å².